The van der Waals surface area contributed by atoms with Crippen LogP contribution in [0.1, 0.15) is 55.5 Å². The minimum absolute atomic E-state index is 0.114. The summed E-state index contributed by atoms with van der Waals surface area (Å²) < 4.78 is 0. The number of para-hydroxylation sites is 1. The first-order valence-electron chi connectivity index (χ1n) is 8.83. The second kappa shape index (κ2) is 5.37. The van der Waals surface area contributed by atoms with Gasteiger partial charge in [0.05, 0.1) is 11.3 Å². The molecule has 2 aromatic rings. The van der Waals surface area contributed by atoms with Crippen molar-refractivity contribution in [3.05, 3.63) is 59.7 Å². The molecule has 2 heterocycles. The average Bonchev–Trinajstić information content (AvgIpc) is 2.98. The molecule has 2 aliphatic heterocycles. The maximum Gasteiger partial charge on any atom is 0.262 e. The van der Waals surface area contributed by atoms with Gasteiger partial charge in [-0.15, -0.1) is 0 Å². The molecule has 0 spiro atoms. The zero-order valence-corrected chi connectivity index (χ0v) is 14.6. The van der Waals surface area contributed by atoms with Crippen LogP contribution in [0.5, 0.6) is 0 Å². The van der Waals surface area contributed by atoms with Crippen LogP contribution in [0.15, 0.2) is 48.5 Å². The third kappa shape index (κ3) is 2.07. The van der Waals surface area contributed by atoms with Gasteiger partial charge in [0.25, 0.3) is 5.91 Å². The quantitative estimate of drug-likeness (QED) is 0.794. The summed E-state index contributed by atoms with van der Waals surface area (Å²) in [7, 11) is 0. The molecule has 3 nitrogen and oxygen atoms in total. The van der Waals surface area contributed by atoms with Crippen LogP contribution in [0.2, 0.25) is 0 Å². The van der Waals surface area contributed by atoms with E-state index in [0.29, 0.717) is 5.92 Å². The number of anilines is 2. The third-order valence-corrected chi connectivity index (χ3v) is 5.54. The second-order valence-corrected chi connectivity index (χ2v) is 7.38. The fraction of sp³-hybridized carbons (Fsp3) is 0.381. The SMILES string of the molecule is CC(C)c1ccc(N2C(=O)c3ccccc3N3CCCC32C)cc1. The smallest absolute Gasteiger partial charge is 0.262 e. The highest BCUT2D eigenvalue weighted by Crippen LogP contribution is 2.45. The first-order chi connectivity index (χ1) is 11.5. The summed E-state index contributed by atoms with van der Waals surface area (Å²) in [6.07, 6.45) is 2.11. The fourth-order valence-corrected chi connectivity index (χ4v) is 4.19. The lowest BCUT2D eigenvalue weighted by atomic mass is 9.96. The van der Waals surface area contributed by atoms with E-state index in [2.05, 4.69) is 56.0 Å². The third-order valence-electron chi connectivity index (χ3n) is 5.54. The zero-order valence-electron chi connectivity index (χ0n) is 14.6. The molecule has 0 aliphatic carbocycles. The average molecular weight is 320 g/mol. The summed E-state index contributed by atoms with van der Waals surface area (Å²) in [6, 6.07) is 16.5. The number of nitrogens with zero attached hydrogens (tertiary/aromatic N) is 2. The van der Waals surface area contributed by atoms with Crippen molar-refractivity contribution in [2.45, 2.75) is 45.2 Å². The standard InChI is InChI=1S/C21H24N2O/c1-15(2)16-9-11-17(12-10-16)23-20(24)18-7-4-5-8-19(18)22-14-6-13-21(22,23)3/h4-5,7-12,15H,6,13-14H2,1-3H3. The van der Waals surface area contributed by atoms with Gasteiger partial charge in [0.15, 0.2) is 0 Å². The van der Waals surface area contributed by atoms with Gasteiger partial charge in [-0.3, -0.25) is 9.69 Å². The van der Waals surface area contributed by atoms with Gasteiger partial charge in [0.2, 0.25) is 0 Å². The second-order valence-electron chi connectivity index (χ2n) is 7.38. The Kier molecular flexibility index (Phi) is 3.41. The van der Waals surface area contributed by atoms with Crippen LogP contribution in [0, 0.1) is 0 Å². The van der Waals surface area contributed by atoms with E-state index in [0.717, 1.165) is 36.3 Å². The maximum atomic E-state index is 13.3. The predicted octanol–water partition coefficient (Wildman–Crippen LogP) is 4.79. The molecule has 0 N–H and O–H groups in total. The van der Waals surface area contributed by atoms with Crippen LogP contribution >= 0.6 is 0 Å². The van der Waals surface area contributed by atoms with Crippen molar-refractivity contribution < 1.29 is 4.79 Å². The molecule has 124 valence electrons. The Hall–Kier alpha value is -2.29. The van der Waals surface area contributed by atoms with Crippen molar-refractivity contribution in [2.24, 2.45) is 0 Å². The Balaban J connectivity index is 1.84. The highest BCUT2D eigenvalue weighted by atomic mass is 16.2. The minimum atomic E-state index is -0.273. The monoisotopic (exact) mass is 320 g/mol. The van der Waals surface area contributed by atoms with Gasteiger partial charge in [-0.05, 0) is 55.5 Å². The number of hydrogen-bond acceptors (Lipinski definition) is 2. The van der Waals surface area contributed by atoms with Crippen LogP contribution in [0.25, 0.3) is 0 Å². The van der Waals surface area contributed by atoms with E-state index in [1.807, 2.05) is 23.1 Å². The molecule has 3 heteroatoms. The molecule has 0 radical (unpaired) electrons. The molecule has 1 atom stereocenters. The summed E-state index contributed by atoms with van der Waals surface area (Å²) in [4.78, 5) is 17.7. The molecule has 0 bridgehead atoms. The summed E-state index contributed by atoms with van der Waals surface area (Å²) in [5, 5.41) is 0. The zero-order chi connectivity index (χ0) is 16.9. The van der Waals surface area contributed by atoms with Crippen molar-refractivity contribution in [2.75, 3.05) is 16.3 Å². The normalized spacial score (nSPS) is 22.8. The van der Waals surface area contributed by atoms with Gasteiger partial charge in [0.1, 0.15) is 5.66 Å². The molecule has 2 aliphatic rings. The van der Waals surface area contributed by atoms with Gasteiger partial charge in [-0.2, -0.15) is 0 Å². The minimum Gasteiger partial charge on any atom is -0.348 e. The maximum absolute atomic E-state index is 13.3. The number of amides is 1. The van der Waals surface area contributed by atoms with Gasteiger partial charge in [0, 0.05) is 12.2 Å². The van der Waals surface area contributed by atoms with Crippen LogP contribution < -0.4 is 9.80 Å². The van der Waals surface area contributed by atoms with Gasteiger partial charge in [-0.25, -0.2) is 0 Å². The van der Waals surface area contributed by atoms with Crippen LogP contribution in [0.4, 0.5) is 11.4 Å². The van der Waals surface area contributed by atoms with Crippen molar-refractivity contribution in [3.63, 3.8) is 0 Å². The van der Waals surface area contributed by atoms with Crippen molar-refractivity contribution >= 4 is 17.3 Å². The molecule has 1 saturated heterocycles. The highest BCUT2D eigenvalue weighted by Gasteiger charge is 2.49. The Morgan fingerprint density at radius 1 is 1.04 bits per heavy atom. The summed E-state index contributed by atoms with van der Waals surface area (Å²) in [5.41, 5.74) is 3.91. The predicted molar refractivity (Wildman–Crippen MR) is 98.8 cm³/mol. The Labute approximate surface area is 143 Å². The topological polar surface area (TPSA) is 23.6 Å². The van der Waals surface area contributed by atoms with Crippen molar-refractivity contribution in [1.29, 1.82) is 0 Å². The van der Waals surface area contributed by atoms with Gasteiger partial charge < -0.3 is 4.90 Å². The van der Waals surface area contributed by atoms with E-state index in [-0.39, 0.29) is 11.6 Å². The lowest BCUT2D eigenvalue weighted by molar-refractivity contribution is 0.0951. The Morgan fingerprint density at radius 3 is 2.46 bits per heavy atom. The molecular weight excluding hydrogens is 296 g/mol. The number of fused-ring (bicyclic) bond motifs is 3. The van der Waals surface area contributed by atoms with Crippen LogP contribution in [0.3, 0.4) is 0 Å². The Bertz CT molecular complexity index is 781. The first kappa shape index (κ1) is 15.3. The largest absolute Gasteiger partial charge is 0.348 e. The number of carbonyl (C=O) groups is 1. The van der Waals surface area contributed by atoms with Gasteiger partial charge in [-0.1, -0.05) is 38.1 Å². The summed E-state index contributed by atoms with van der Waals surface area (Å²) in [6.45, 7) is 7.58. The Morgan fingerprint density at radius 2 is 1.75 bits per heavy atom. The molecule has 0 saturated carbocycles. The van der Waals surface area contributed by atoms with E-state index in [9.17, 15) is 4.79 Å². The number of rotatable bonds is 2. The number of carbonyl (C=O) groups excluding carboxylic acids is 1. The summed E-state index contributed by atoms with van der Waals surface area (Å²) >= 11 is 0. The summed E-state index contributed by atoms with van der Waals surface area (Å²) in [5.74, 6) is 0.610. The molecule has 4 rings (SSSR count). The highest BCUT2D eigenvalue weighted by molar-refractivity contribution is 6.13. The van der Waals surface area contributed by atoms with E-state index in [1.165, 1.54) is 5.56 Å². The lowest BCUT2D eigenvalue weighted by Crippen LogP contribution is -2.61. The van der Waals surface area contributed by atoms with Crippen LogP contribution in [-0.4, -0.2) is 18.1 Å². The first-order valence-corrected chi connectivity index (χ1v) is 8.83. The van der Waals surface area contributed by atoms with Crippen molar-refractivity contribution in [1.82, 2.24) is 0 Å². The molecule has 24 heavy (non-hydrogen) atoms. The number of benzene rings is 2. The van der Waals surface area contributed by atoms with E-state index < -0.39 is 0 Å². The van der Waals surface area contributed by atoms with Crippen LogP contribution in [-0.2, 0) is 0 Å². The molecule has 1 unspecified atom stereocenters. The molecule has 2 aromatic carbocycles. The molecule has 1 fully saturated rings. The molecule has 1 amide bonds. The molecule has 0 aromatic heterocycles. The fourth-order valence-electron chi connectivity index (χ4n) is 4.19. The van der Waals surface area contributed by atoms with Crippen molar-refractivity contribution in [3.8, 4) is 0 Å². The number of hydrogen-bond donors (Lipinski definition) is 0. The van der Waals surface area contributed by atoms with E-state index >= 15 is 0 Å². The van der Waals surface area contributed by atoms with E-state index in [4.69, 9.17) is 0 Å². The van der Waals surface area contributed by atoms with Gasteiger partial charge >= 0.3 is 0 Å². The van der Waals surface area contributed by atoms with E-state index in [1.54, 1.807) is 0 Å². The lowest BCUT2D eigenvalue weighted by Gasteiger charge is -2.49. The molecular formula is C21H24N2O.